The van der Waals surface area contributed by atoms with E-state index in [1.54, 1.807) is 47.7 Å². The summed E-state index contributed by atoms with van der Waals surface area (Å²) in [6.07, 6.45) is 1.51. The first-order chi connectivity index (χ1) is 10.9. The Labute approximate surface area is 142 Å². The molecule has 1 aromatic rings. The molecular formula is C16H27N3O5. The number of carbonyl (C=O) groups excluding carboxylic acids is 2. The Bertz CT molecular complexity index is 515. The number of ether oxygens (including phenoxy) is 2. The van der Waals surface area contributed by atoms with Gasteiger partial charge in [0.2, 0.25) is 0 Å². The van der Waals surface area contributed by atoms with E-state index < -0.39 is 36.0 Å². The van der Waals surface area contributed by atoms with Crippen LogP contribution in [-0.4, -0.2) is 56.0 Å². The van der Waals surface area contributed by atoms with Crippen molar-refractivity contribution < 1.29 is 24.2 Å². The lowest BCUT2D eigenvalue weighted by molar-refractivity contribution is -0.0129. The molecule has 0 aliphatic rings. The van der Waals surface area contributed by atoms with E-state index in [0.717, 1.165) is 4.90 Å². The Hall–Kier alpha value is -2.09. The van der Waals surface area contributed by atoms with E-state index in [1.165, 1.54) is 6.33 Å². The summed E-state index contributed by atoms with van der Waals surface area (Å²) >= 11 is 0. The van der Waals surface area contributed by atoms with Crippen molar-refractivity contribution in [1.82, 2.24) is 14.9 Å². The monoisotopic (exact) mass is 341 g/mol. The Balaban J connectivity index is 3.05. The minimum absolute atomic E-state index is 0.203. The van der Waals surface area contributed by atoms with Crippen molar-refractivity contribution in [3.05, 3.63) is 18.2 Å². The quantitative estimate of drug-likeness (QED) is 0.872. The van der Waals surface area contributed by atoms with Crippen molar-refractivity contribution in [3.63, 3.8) is 0 Å². The highest BCUT2D eigenvalue weighted by atomic mass is 16.6. The molecule has 2 amide bonds. The van der Waals surface area contributed by atoms with Gasteiger partial charge in [0, 0.05) is 18.3 Å². The molecule has 1 heterocycles. The molecule has 1 aromatic heterocycles. The van der Waals surface area contributed by atoms with Crippen molar-refractivity contribution in [2.24, 2.45) is 0 Å². The highest BCUT2D eigenvalue weighted by molar-refractivity contribution is 5.88. The van der Waals surface area contributed by atoms with Crippen molar-refractivity contribution in [1.29, 1.82) is 0 Å². The van der Waals surface area contributed by atoms with Crippen LogP contribution in [0.4, 0.5) is 9.59 Å². The van der Waals surface area contributed by atoms with Crippen LogP contribution < -0.4 is 0 Å². The third kappa shape index (κ3) is 6.57. The molecule has 8 heteroatoms. The largest absolute Gasteiger partial charge is 0.443 e. The van der Waals surface area contributed by atoms with Gasteiger partial charge in [-0.1, -0.05) is 0 Å². The van der Waals surface area contributed by atoms with Gasteiger partial charge in [0.1, 0.15) is 11.2 Å². The highest BCUT2D eigenvalue weighted by Crippen LogP contribution is 2.18. The zero-order valence-corrected chi connectivity index (χ0v) is 15.1. The van der Waals surface area contributed by atoms with Crippen molar-refractivity contribution in [3.8, 4) is 0 Å². The molecule has 24 heavy (non-hydrogen) atoms. The second kappa shape index (κ2) is 7.65. The average Bonchev–Trinajstić information content (AvgIpc) is 2.86. The second-order valence-electron chi connectivity index (χ2n) is 7.45. The fourth-order valence-corrected chi connectivity index (χ4v) is 1.88. The average molecular weight is 341 g/mol. The van der Waals surface area contributed by atoms with Gasteiger partial charge in [-0.2, -0.15) is 0 Å². The maximum atomic E-state index is 12.5. The van der Waals surface area contributed by atoms with E-state index in [9.17, 15) is 14.7 Å². The molecule has 0 saturated carbocycles. The summed E-state index contributed by atoms with van der Waals surface area (Å²) in [5.41, 5.74) is -0.900. The van der Waals surface area contributed by atoms with E-state index in [-0.39, 0.29) is 6.42 Å². The molecule has 1 atom stereocenters. The summed E-state index contributed by atoms with van der Waals surface area (Å²) in [5.74, 6) is 0. The number of aromatic amines is 1. The molecule has 0 radical (unpaired) electrons. The summed E-state index contributed by atoms with van der Waals surface area (Å²) in [7, 11) is 0. The first-order valence-electron chi connectivity index (χ1n) is 7.76. The molecule has 0 unspecified atom stereocenters. The smallest absolute Gasteiger partial charge is 0.420 e. The molecule has 0 aliphatic carbocycles. The number of rotatable bonds is 4. The first-order valence-corrected chi connectivity index (χ1v) is 7.76. The predicted octanol–water partition coefficient (Wildman–Crippen LogP) is 2.49. The summed E-state index contributed by atoms with van der Waals surface area (Å²) < 4.78 is 10.6. The summed E-state index contributed by atoms with van der Waals surface area (Å²) in [5, 5.41) is 9.70. The summed E-state index contributed by atoms with van der Waals surface area (Å²) in [6, 6.07) is -0.838. The number of H-pyrrole nitrogens is 1. The fraction of sp³-hybridized carbons (Fsp3) is 0.688. The van der Waals surface area contributed by atoms with Crippen LogP contribution in [0.25, 0.3) is 0 Å². The Kier molecular flexibility index (Phi) is 6.36. The van der Waals surface area contributed by atoms with Crippen LogP contribution in [0.3, 0.4) is 0 Å². The van der Waals surface area contributed by atoms with Crippen LogP contribution in [-0.2, 0) is 15.9 Å². The van der Waals surface area contributed by atoms with Crippen LogP contribution in [0.2, 0.25) is 0 Å². The molecular weight excluding hydrogens is 314 g/mol. The summed E-state index contributed by atoms with van der Waals surface area (Å²) in [6.45, 7) is 9.74. The van der Waals surface area contributed by atoms with Crippen LogP contribution >= 0.6 is 0 Å². The van der Waals surface area contributed by atoms with Gasteiger partial charge in [0.25, 0.3) is 0 Å². The van der Waals surface area contributed by atoms with Crippen molar-refractivity contribution in [2.75, 3.05) is 6.61 Å². The molecule has 0 aliphatic heterocycles. The number of aliphatic hydroxyl groups excluding tert-OH is 1. The number of aromatic nitrogens is 2. The van der Waals surface area contributed by atoms with Gasteiger partial charge >= 0.3 is 12.2 Å². The third-order valence-corrected chi connectivity index (χ3v) is 2.77. The number of hydrogen-bond acceptors (Lipinski definition) is 6. The van der Waals surface area contributed by atoms with E-state index in [1.807, 2.05) is 0 Å². The Morgan fingerprint density at radius 3 is 2.00 bits per heavy atom. The fourth-order valence-electron chi connectivity index (χ4n) is 1.88. The SMILES string of the molecule is CC(C)(C)OC(=O)N(C(=O)OC(C)(C)C)[C@H](CO)Cc1cnc[nH]1. The number of hydrogen-bond donors (Lipinski definition) is 2. The maximum Gasteiger partial charge on any atom is 0.420 e. The van der Waals surface area contributed by atoms with E-state index >= 15 is 0 Å². The van der Waals surface area contributed by atoms with E-state index in [2.05, 4.69) is 9.97 Å². The number of carbonyl (C=O) groups is 2. The van der Waals surface area contributed by atoms with Crippen LogP contribution in [0.5, 0.6) is 0 Å². The molecule has 8 nitrogen and oxygen atoms in total. The molecule has 0 saturated heterocycles. The molecule has 2 N–H and O–H groups in total. The zero-order valence-electron chi connectivity index (χ0n) is 15.1. The topological polar surface area (TPSA) is 105 Å². The lowest BCUT2D eigenvalue weighted by Gasteiger charge is -2.32. The first kappa shape index (κ1) is 20.0. The van der Waals surface area contributed by atoms with Gasteiger partial charge in [-0.15, -0.1) is 0 Å². The maximum absolute atomic E-state index is 12.5. The number of nitrogens with one attached hydrogen (secondary N) is 1. The van der Waals surface area contributed by atoms with Crippen LogP contribution in [0.1, 0.15) is 47.2 Å². The van der Waals surface area contributed by atoms with Crippen LogP contribution in [0.15, 0.2) is 12.5 Å². The number of imidazole rings is 1. The minimum atomic E-state index is -0.865. The molecule has 1 rings (SSSR count). The number of nitrogens with zero attached hydrogens (tertiary/aromatic N) is 2. The molecule has 0 bridgehead atoms. The van der Waals surface area contributed by atoms with Gasteiger partial charge in [-0.3, -0.25) is 0 Å². The minimum Gasteiger partial charge on any atom is -0.443 e. The van der Waals surface area contributed by atoms with Gasteiger partial charge in [-0.05, 0) is 41.5 Å². The number of aliphatic hydroxyl groups is 1. The van der Waals surface area contributed by atoms with E-state index in [0.29, 0.717) is 5.69 Å². The Morgan fingerprint density at radius 1 is 1.17 bits per heavy atom. The van der Waals surface area contributed by atoms with Crippen LogP contribution in [0, 0.1) is 0 Å². The second-order valence-corrected chi connectivity index (χ2v) is 7.45. The molecule has 0 spiro atoms. The Morgan fingerprint density at radius 2 is 1.67 bits per heavy atom. The lowest BCUT2D eigenvalue weighted by Crippen LogP contribution is -2.51. The van der Waals surface area contributed by atoms with Gasteiger partial charge in [0.15, 0.2) is 0 Å². The molecule has 0 aromatic carbocycles. The normalized spacial score (nSPS) is 13.3. The number of imide groups is 1. The third-order valence-electron chi connectivity index (χ3n) is 2.77. The zero-order chi connectivity index (χ0) is 18.5. The molecule has 0 fully saturated rings. The predicted molar refractivity (Wildman–Crippen MR) is 87.5 cm³/mol. The highest BCUT2D eigenvalue weighted by Gasteiger charge is 2.36. The van der Waals surface area contributed by atoms with Gasteiger partial charge in [-0.25, -0.2) is 19.5 Å². The molecule has 136 valence electrons. The van der Waals surface area contributed by atoms with E-state index in [4.69, 9.17) is 9.47 Å². The van der Waals surface area contributed by atoms with Crippen molar-refractivity contribution >= 4 is 12.2 Å². The number of amides is 2. The summed E-state index contributed by atoms with van der Waals surface area (Å²) in [4.78, 5) is 32.5. The van der Waals surface area contributed by atoms with Gasteiger partial charge in [0.05, 0.1) is 19.0 Å². The lowest BCUT2D eigenvalue weighted by atomic mass is 10.1. The van der Waals surface area contributed by atoms with Crippen molar-refractivity contribution in [2.45, 2.75) is 65.2 Å². The standard InChI is InChI=1S/C16H27N3O5/c1-15(2,3)23-13(21)19(14(22)24-16(4,5)6)12(9-20)7-11-8-17-10-18-11/h8,10,12,20H,7,9H2,1-6H3,(H,17,18)/t12-/m0/s1. The van der Waals surface area contributed by atoms with Gasteiger partial charge < -0.3 is 19.6 Å².